The van der Waals surface area contributed by atoms with E-state index < -0.39 is 10.0 Å². The van der Waals surface area contributed by atoms with E-state index in [0.717, 1.165) is 24.3 Å². The van der Waals surface area contributed by atoms with E-state index in [9.17, 15) is 8.42 Å². The number of sulfonamides is 1. The average molecular weight is 404 g/mol. The number of benzene rings is 2. The van der Waals surface area contributed by atoms with Crippen LogP contribution in [0.1, 0.15) is 5.56 Å². The van der Waals surface area contributed by atoms with Gasteiger partial charge in [0.05, 0.1) is 18.1 Å². The maximum Gasteiger partial charge on any atom is 0.243 e. The third-order valence-corrected chi connectivity index (χ3v) is 6.82. The maximum absolute atomic E-state index is 13.3. The lowest BCUT2D eigenvalue weighted by molar-refractivity contribution is 0.0361. The third kappa shape index (κ3) is 5.32. The van der Waals surface area contributed by atoms with E-state index in [0.29, 0.717) is 37.7 Å². The molecule has 0 atom stereocenters. The van der Waals surface area contributed by atoms with Crippen LogP contribution in [-0.2, 0) is 21.3 Å². The molecule has 0 N–H and O–H groups in total. The Morgan fingerprint density at radius 3 is 2.21 bits per heavy atom. The van der Waals surface area contributed by atoms with E-state index in [-0.39, 0.29) is 0 Å². The van der Waals surface area contributed by atoms with Crippen LogP contribution in [0.5, 0.6) is 0 Å². The molecule has 2 aromatic carbocycles. The molecule has 1 fully saturated rings. The average Bonchev–Trinajstić information content (AvgIpc) is 2.72. The lowest BCUT2D eigenvalue weighted by Gasteiger charge is -2.30. The van der Waals surface area contributed by atoms with Crippen LogP contribution in [0.25, 0.3) is 0 Å². The Hall–Kier alpha value is -1.93. The fourth-order valence-electron chi connectivity index (χ4n) is 3.21. The second-order valence-corrected chi connectivity index (χ2v) is 9.10. The molecule has 1 heterocycles. The van der Waals surface area contributed by atoms with Crippen LogP contribution in [0.4, 0.5) is 5.69 Å². The summed E-state index contributed by atoms with van der Waals surface area (Å²) in [6.45, 7) is 4.61. The zero-order chi connectivity index (χ0) is 20.0. The molecule has 152 valence electrons. The van der Waals surface area contributed by atoms with Gasteiger partial charge < -0.3 is 9.64 Å². The standard InChI is InChI=1S/C21H29N3O3S/c1-22(2)20-10-8-19(9-11-20)18-24(13-12-23-14-16-27-17-15-23)28(25,26)21-6-4-3-5-7-21/h3-11H,12-18H2,1-2H3. The van der Waals surface area contributed by atoms with E-state index in [4.69, 9.17) is 4.74 Å². The summed E-state index contributed by atoms with van der Waals surface area (Å²) in [5.41, 5.74) is 2.07. The fraction of sp³-hybridized carbons (Fsp3) is 0.429. The second-order valence-electron chi connectivity index (χ2n) is 7.17. The van der Waals surface area contributed by atoms with Gasteiger partial charge in [0.2, 0.25) is 10.0 Å². The number of hydrogen-bond donors (Lipinski definition) is 0. The van der Waals surface area contributed by atoms with E-state index >= 15 is 0 Å². The molecule has 0 aliphatic carbocycles. The number of rotatable bonds is 8. The Balaban J connectivity index is 1.79. The Kier molecular flexibility index (Phi) is 7.07. The lowest BCUT2D eigenvalue weighted by Crippen LogP contribution is -2.42. The summed E-state index contributed by atoms with van der Waals surface area (Å²) in [7, 11) is 0.418. The minimum absolute atomic E-state index is 0.335. The molecular formula is C21H29N3O3S. The number of ether oxygens (including phenoxy) is 1. The van der Waals surface area contributed by atoms with Crippen LogP contribution in [0.15, 0.2) is 59.5 Å². The largest absolute Gasteiger partial charge is 0.379 e. The van der Waals surface area contributed by atoms with Gasteiger partial charge in [-0.05, 0) is 29.8 Å². The quantitative estimate of drug-likeness (QED) is 0.677. The molecular weight excluding hydrogens is 374 g/mol. The predicted molar refractivity (Wildman–Crippen MR) is 112 cm³/mol. The summed E-state index contributed by atoms with van der Waals surface area (Å²) < 4.78 is 33.5. The first-order chi connectivity index (χ1) is 13.5. The van der Waals surface area contributed by atoms with Crippen molar-refractivity contribution in [3.8, 4) is 0 Å². The number of hydrogen-bond acceptors (Lipinski definition) is 5. The highest BCUT2D eigenvalue weighted by molar-refractivity contribution is 7.89. The van der Waals surface area contributed by atoms with Crippen molar-refractivity contribution in [1.82, 2.24) is 9.21 Å². The van der Waals surface area contributed by atoms with Gasteiger partial charge in [0.15, 0.2) is 0 Å². The molecule has 1 saturated heterocycles. The van der Waals surface area contributed by atoms with E-state index in [1.165, 1.54) is 0 Å². The number of anilines is 1. The molecule has 0 unspecified atom stereocenters. The lowest BCUT2D eigenvalue weighted by atomic mass is 10.2. The molecule has 0 radical (unpaired) electrons. The van der Waals surface area contributed by atoms with E-state index in [1.54, 1.807) is 28.6 Å². The molecule has 0 amide bonds. The molecule has 1 aliphatic heterocycles. The molecule has 1 aliphatic rings. The minimum atomic E-state index is -3.56. The van der Waals surface area contributed by atoms with E-state index in [1.807, 2.05) is 49.3 Å². The van der Waals surface area contributed by atoms with Crippen LogP contribution in [0, 0.1) is 0 Å². The van der Waals surface area contributed by atoms with Crippen molar-refractivity contribution in [2.75, 3.05) is 58.4 Å². The van der Waals surface area contributed by atoms with Gasteiger partial charge in [0.25, 0.3) is 0 Å². The molecule has 3 rings (SSSR count). The summed E-state index contributed by atoms with van der Waals surface area (Å²) in [5.74, 6) is 0. The van der Waals surface area contributed by atoms with Gasteiger partial charge in [-0.2, -0.15) is 4.31 Å². The summed E-state index contributed by atoms with van der Waals surface area (Å²) >= 11 is 0. The Morgan fingerprint density at radius 1 is 0.964 bits per heavy atom. The first-order valence-corrected chi connectivity index (χ1v) is 11.0. The molecule has 0 aromatic heterocycles. The summed E-state index contributed by atoms with van der Waals surface area (Å²) in [4.78, 5) is 4.62. The summed E-state index contributed by atoms with van der Waals surface area (Å²) in [6, 6.07) is 16.7. The molecule has 28 heavy (non-hydrogen) atoms. The van der Waals surface area contributed by atoms with Gasteiger partial charge in [-0.1, -0.05) is 30.3 Å². The van der Waals surface area contributed by atoms with Crippen molar-refractivity contribution in [3.63, 3.8) is 0 Å². The highest BCUT2D eigenvalue weighted by Crippen LogP contribution is 2.20. The Labute approximate surface area is 168 Å². The molecule has 6 nitrogen and oxygen atoms in total. The van der Waals surface area contributed by atoms with Crippen molar-refractivity contribution in [2.45, 2.75) is 11.4 Å². The predicted octanol–water partition coefficient (Wildman–Crippen LogP) is 2.28. The maximum atomic E-state index is 13.3. The molecule has 0 spiro atoms. The molecule has 0 bridgehead atoms. The van der Waals surface area contributed by atoms with Crippen molar-refractivity contribution in [3.05, 3.63) is 60.2 Å². The van der Waals surface area contributed by atoms with Crippen LogP contribution >= 0.6 is 0 Å². The monoisotopic (exact) mass is 403 g/mol. The van der Waals surface area contributed by atoms with Crippen LogP contribution < -0.4 is 4.90 Å². The zero-order valence-corrected chi connectivity index (χ0v) is 17.4. The Bertz CT molecular complexity index is 833. The van der Waals surface area contributed by atoms with Gasteiger partial charge in [-0.25, -0.2) is 8.42 Å². The first-order valence-electron chi connectivity index (χ1n) is 9.58. The second kappa shape index (κ2) is 9.52. The number of morpholine rings is 1. The minimum Gasteiger partial charge on any atom is -0.379 e. The molecule has 2 aromatic rings. The normalized spacial score (nSPS) is 15.7. The molecule has 7 heteroatoms. The van der Waals surface area contributed by atoms with E-state index in [2.05, 4.69) is 4.90 Å². The fourth-order valence-corrected chi connectivity index (χ4v) is 4.65. The highest BCUT2D eigenvalue weighted by Gasteiger charge is 2.25. The van der Waals surface area contributed by atoms with Crippen molar-refractivity contribution >= 4 is 15.7 Å². The van der Waals surface area contributed by atoms with Gasteiger partial charge in [-0.3, -0.25) is 4.90 Å². The van der Waals surface area contributed by atoms with Gasteiger partial charge in [0, 0.05) is 52.5 Å². The number of nitrogens with zero attached hydrogens (tertiary/aromatic N) is 3. The van der Waals surface area contributed by atoms with Crippen molar-refractivity contribution < 1.29 is 13.2 Å². The van der Waals surface area contributed by atoms with Crippen LogP contribution in [0.3, 0.4) is 0 Å². The van der Waals surface area contributed by atoms with Crippen molar-refractivity contribution in [2.24, 2.45) is 0 Å². The third-order valence-electron chi connectivity index (χ3n) is 4.96. The first kappa shape index (κ1) is 20.8. The highest BCUT2D eigenvalue weighted by atomic mass is 32.2. The summed E-state index contributed by atoms with van der Waals surface area (Å²) in [5, 5.41) is 0. The molecule has 0 saturated carbocycles. The van der Waals surface area contributed by atoms with Crippen LogP contribution in [0.2, 0.25) is 0 Å². The zero-order valence-electron chi connectivity index (χ0n) is 16.6. The topological polar surface area (TPSA) is 53.1 Å². The SMILES string of the molecule is CN(C)c1ccc(CN(CCN2CCOCC2)S(=O)(=O)c2ccccc2)cc1. The Morgan fingerprint density at radius 2 is 1.61 bits per heavy atom. The smallest absolute Gasteiger partial charge is 0.243 e. The van der Waals surface area contributed by atoms with Crippen molar-refractivity contribution in [1.29, 1.82) is 0 Å². The van der Waals surface area contributed by atoms with Gasteiger partial charge >= 0.3 is 0 Å². The van der Waals surface area contributed by atoms with Gasteiger partial charge in [-0.15, -0.1) is 0 Å². The van der Waals surface area contributed by atoms with Gasteiger partial charge in [0.1, 0.15) is 0 Å². The summed E-state index contributed by atoms with van der Waals surface area (Å²) in [6.07, 6.45) is 0. The van der Waals surface area contributed by atoms with Crippen LogP contribution in [-0.4, -0.2) is 71.1 Å².